The Balaban J connectivity index is 2.02. The van der Waals surface area contributed by atoms with Crippen molar-refractivity contribution < 1.29 is 4.52 Å². The first-order valence-corrected chi connectivity index (χ1v) is 6.52. The van der Waals surface area contributed by atoms with Crippen LogP contribution in [0.15, 0.2) is 4.52 Å². The van der Waals surface area contributed by atoms with Crippen molar-refractivity contribution in [1.29, 1.82) is 0 Å². The van der Waals surface area contributed by atoms with Gasteiger partial charge in [0.25, 0.3) is 0 Å². The van der Waals surface area contributed by atoms with E-state index in [-0.39, 0.29) is 5.41 Å². The minimum atomic E-state index is -0.0239. The second-order valence-corrected chi connectivity index (χ2v) is 6.04. The molecule has 2 rings (SSSR count). The van der Waals surface area contributed by atoms with E-state index in [0.29, 0.717) is 12.0 Å². The predicted octanol–water partition coefficient (Wildman–Crippen LogP) is 2.61. The molecule has 0 spiro atoms. The molecule has 0 atom stereocenters. The third-order valence-electron chi connectivity index (χ3n) is 3.60. The summed E-state index contributed by atoms with van der Waals surface area (Å²) in [7, 11) is 2.04. The van der Waals surface area contributed by atoms with Gasteiger partial charge in [-0.15, -0.1) is 0 Å². The summed E-state index contributed by atoms with van der Waals surface area (Å²) in [5.74, 6) is 2.12. The van der Waals surface area contributed by atoms with Crippen LogP contribution in [-0.2, 0) is 5.41 Å². The Bertz CT molecular complexity index is 359. The number of hydrogen-bond acceptors (Lipinski definition) is 4. The lowest BCUT2D eigenvalue weighted by Gasteiger charge is -2.25. The first-order chi connectivity index (χ1) is 8.00. The number of hydrogen-bond donors (Lipinski definition) is 1. The van der Waals surface area contributed by atoms with Gasteiger partial charge in [-0.2, -0.15) is 4.98 Å². The number of rotatable bonds is 2. The highest BCUT2D eigenvalue weighted by Gasteiger charge is 2.28. The van der Waals surface area contributed by atoms with Crippen LogP contribution < -0.4 is 5.32 Å². The standard InChI is InChI=1S/C13H23N3O/c1-13(2,3)12-15-11(17-16-12)9-5-7-10(14-4)8-6-9/h9-10,14H,5-8H2,1-4H3. The van der Waals surface area contributed by atoms with Gasteiger partial charge in [-0.25, -0.2) is 0 Å². The topological polar surface area (TPSA) is 51.0 Å². The monoisotopic (exact) mass is 237 g/mol. The molecule has 1 heterocycles. The van der Waals surface area contributed by atoms with E-state index in [0.717, 1.165) is 24.6 Å². The van der Waals surface area contributed by atoms with Gasteiger partial charge in [-0.05, 0) is 32.7 Å². The van der Waals surface area contributed by atoms with Crippen LogP contribution in [0.1, 0.15) is 64.1 Å². The molecule has 0 radical (unpaired) electrons. The van der Waals surface area contributed by atoms with Gasteiger partial charge >= 0.3 is 0 Å². The molecule has 0 aromatic carbocycles. The lowest BCUT2D eigenvalue weighted by molar-refractivity contribution is 0.286. The quantitative estimate of drug-likeness (QED) is 0.859. The van der Waals surface area contributed by atoms with Gasteiger partial charge < -0.3 is 9.84 Å². The lowest BCUT2D eigenvalue weighted by atomic mass is 9.86. The van der Waals surface area contributed by atoms with E-state index in [1.165, 1.54) is 12.8 Å². The number of nitrogens with zero attached hydrogens (tertiary/aromatic N) is 2. The van der Waals surface area contributed by atoms with Gasteiger partial charge in [0.2, 0.25) is 5.89 Å². The summed E-state index contributed by atoms with van der Waals surface area (Å²) in [5.41, 5.74) is -0.0239. The first-order valence-electron chi connectivity index (χ1n) is 6.52. The Hall–Kier alpha value is -0.900. The van der Waals surface area contributed by atoms with E-state index in [1.807, 2.05) is 7.05 Å². The molecule has 1 saturated carbocycles. The maximum Gasteiger partial charge on any atom is 0.229 e. The van der Waals surface area contributed by atoms with Crippen LogP contribution >= 0.6 is 0 Å². The third-order valence-corrected chi connectivity index (χ3v) is 3.60. The summed E-state index contributed by atoms with van der Waals surface area (Å²) in [6, 6.07) is 0.663. The molecule has 1 aliphatic rings. The molecule has 0 amide bonds. The molecule has 1 aromatic heterocycles. The van der Waals surface area contributed by atoms with Crippen LogP contribution in [0.3, 0.4) is 0 Å². The molecule has 1 fully saturated rings. The van der Waals surface area contributed by atoms with Crippen LogP contribution in [0.4, 0.5) is 0 Å². The first kappa shape index (κ1) is 12.6. The molecule has 1 N–H and O–H groups in total. The van der Waals surface area contributed by atoms with Crippen molar-refractivity contribution in [1.82, 2.24) is 15.5 Å². The molecule has 17 heavy (non-hydrogen) atoms. The Morgan fingerprint density at radius 2 is 1.82 bits per heavy atom. The van der Waals surface area contributed by atoms with Gasteiger partial charge in [0, 0.05) is 17.4 Å². The zero-order valence-corrected chi connectivity index (χ0v) is 11.3. The van der Waals surface area contributed by atoms with Crippen molar-refractivity contribution in [3.05, 3.63) is 11.7 Å². The molecule has 4 nitrogen and oxygen atoms in total. The summed E-state index contributed by atoms with van der Waals surface area (Å²) in [5, 5.41) is 7.44. The van der Waals surface area contributed by atoms with Crippen molar-refractivity contribution >= 4 is 0 Å². The average molecular weight is 237 g/mol. The summed E-state index contributed by atoms with van der Waals surface area (Å²) >= 11 is 0. The van der Waals surface area contributed by atoms with Gasteiger partial charge in [0.05, 0.1) is 0 Å². The average Bonchev–Trinajstić information content (AvgIpc) is 2.78. The fraction of sp³-hybridized carbons (Fsp3) is 0.846. The van der Waals surface area contributed by atoms with Gasteiger partial charge in [-0.1, -0.05) is 25.9 Å². The molecule has 1 aromatic rings. The zero-order chi connectivity index (χ0) is 12.5. The van der Waals surface area contributed by atoms with E-state index < -0.39 is 0 Å². The van der Waals surface area contributed by atoms with Crippen molar-refractivity contribution in [3.8, 4) is 0 Å². The van der Waals surface area contributed by atoms with E-state index in [2.05, 4.69) is 36.2 Å². The van der Waals surface area contributed by atoms with Crippen LogP contribution in [0.2, 0.25) is 0 Å². The summed E-state index contributed by atoms with van der Waals surface area (Å²) in [4.78, 5) is 4.56. The Morgan fingerprint density at radius 3 is 2.29 bits per heavy atom. The summed E-state index contributed by atoms with van der Waals surface area (Å²) in [6.45, 7) is 6.33. The minimum Gasteiger partial charge on any atom is -0.339 e. The van der Waals surface area contributed by atoms with Crippen molar-refractivity contribution in [2.24, 2.45) is 0 Å². The molecular weight excluding hydrogens is 214 g/mol. The Labute approximate surface area is 103 Å². The Morgan fingerprint density at radius 1 is 1.18 bits per heavy atom. The van der Waals surface area contributed by atoms with Gasteiger partial charge in [0.1, 0.15) is 0 Å². The third kappa shape index (κ3) is 2.86. The fourth-order valence-corrected chi connectivity index (χ4v) is 2.33. The fourth-order valence-electron chi connectivity index (χ4n) is 2.33. The Kier molecular flexibility index (Phi) is 3.52. The van der Waals surface area contributed by atoms with Crippen LogP contribution in [0, 0.1) is 0 Å². The molecule has 0 aliphatic heterocycles. The van der Waals surface area contributed by atoms with Crippen LogP contribution in [-0.4, -0.2) is 23.2 Å². The van der Waals surface area contributed by atoms with E-state index in [1.54, 1.807) is 0 Å². The van der Waals surface area contributed by atoms with E-state index >= 15 is 0 Å². The second kappa shape index (κ2) is 4.77. The summed E-state index contributed by atoms with van der Waals surface area (Å²) < 4.78 is 5.42. The largest absolute Gasteiger partial charge is 0.339 e. The normalized spacial score (nSPS) is 26.1. The predicted molar refractivity (Wildman–Crippen MR) is 67.1 cm³/mol. The van der Waals surface area contributed by atoms with Crippen molar-refractivity contribution in [3.63, 3.8) is 0 Å². The second-order valence-electron chi connectivity index (χ2n) is 6.04. The van der Waals surface area contributed by atoms with E-state index in [9.17, 15) is 0 Å². The smallest absolute Gasteiger partial charge is 0.229 e. The molecule has 0 bridgehead atoms. The maximum absolute atomic E-state index is 5.42. The minimum absolute atomic E-state index is 0.0239. The highest BCUT2D eigenvalue weighted by atomic mass is 16.5. The van der Waals surface area contributed by atoms with Gasteiger partial charge in [0.15, 0.2) is 5.82 Å². The lowest BCUT2D eigenvalue weighted by Crippen LogP contribution is -2.29. The molecular formula is C13H23N3O. The molecule has 1 aliphatic carbocycles. The molecule has 0 saturated heterocycles. The number of nitrogens with one attached hydrogen (secondary N) is 1. The zero-order valence-electron chi connectivity index (χ0n) is 11.3. The molecule has 0 unspecified atom stereocenters. The van der Waals surface area contributed by atoms with E-state index in [4.69, 9.17) is 4.52 Å². The molecule has 4 heteroatoms. The summed E-state index contributed by atoms with van der Waals surface area (Å²) in [6.07, 6.45) is 4.71. The highest BCUT2D eigenvalue weighted by Crippen LogP contribution is 2.32. The van der Waals surface area contributed by atoms with Gasteiger partial charge in [-0.3, -0.25) is 0 Å². The molecule has 96 valence electrons. The van der Waals surface area contributed by atoms with Crippen LogP contribution in [0.25, 0.3) is 0 Å². The highest BCUT2D eigenvalue weighted by molar-refractivity contribution is 5.03. The van der Waals surface area contributed by atoms with Crippen molar-refractivity contribution in [2.75, 3.05) is 7.05 Å². The maximum atomic E-state index is 5.42. The van der Waals surface area contributed by atoms with Crippen molar-refractivity contribution in [2.45, 2.75) is 63.8 Å². The SMILES string of the molecule is CNC1CCC(c2nc(C(C)(C)C)no2)CC1. The number of aromatic nitrogens is 2. The van der Waals surface area contributed by atoms with Crippen LogP contribution in [0.5, 0.6) is 0 Å².